The number of aromatic nitrogens is 1. The third-order valence-electron chi connectivity index (χ3n) is 2.38. The van der Waals surface area contributed by atoms with Crippen molar-refractivity contribution >= 4 is 29.3 Å². The summed E-state index contributed by atoms with van der Waals surface area (Å²) >= 11 is 6.03. The minimum Gasteiger partial charge on any atom is -0.348 e. The van der Waals surface area contributed by atoms with E-state index in [2.05, 4.69) is 4.99 Å². The van der Waals surface area contributed by atoms with E-state index in [0.717, 1.165) is 11.4 Å². The SMILES string of the molecule is CC(=O)CN1c2ccn(C)c2C=NC1Cl. The Morgan fingerprint density at radius 2 is 2.40 bits per heavy atom. The second kappa shape index (κ2) is 3.70. The van der Waals surface area contributed by atoms with Crippen LogP contribution in [0.5, 0.6) is 0 Å². The van der Waals surface area contributed by atoms with Gasteiger partial charge in [-0.1, -0.05) is 11.6 Å². The van der Waals surface area contributed by atoms with Crippen LogP contribution in [0.15, 0.2) is 17.3 Å². The first-order chi connectivity index (χ1) is 7.09. The number of alkyl halides is 1. The van der Waals surface area contributed by atoms with Gasteiger partial charge in [-0.05, 0) is 13.0 Å². The van der Waals surface area contributed by atoms with Crippen LogP contribution >= 0.6 is 11.6 Å². The van der Waals surface area contributed by atoms with Crippen molar-refractivity contribution in [2.45, 2.75) is 12.5 Å². The Labute approximate surface area is 93.2 Å². The van der Waals surface area contributed by atoms with E-state index in [0.29, 0.717) is 6.54 Å². The summed E-state index contributed by atoms with van der Waals surface area (Å²) in [7, 11) is 1.94. The molecule has 1 aliphatic heterocycles. The predicted octanol–water partition coefficient (Wildman–Crippen LogP) is 1.38. The summed E-state index contributed by atoms with van der Waals surface area (Å²) in [6, 6.07) is 1.94. The Bertz CT molecular complexity index is 424. The number of hydrogen-bond acceptors (Lipinski definition) is 3. The van der Waals surface area contributed by atoms with Crippen LogP contribution in [0.1, 0.15) is 12.6 Å². The van der Waals surface area contributed by atoms with Crippen LogP contribution in [-0.4, -0.2) is 28.7 Å². The van der Waals surface area contributed by atoms with Crippen molar-refractivity contribution in [1.82, 2.24) is 4.57 Å². The van der Waals surface area contributed by atoms with E-state index in [1.54, 1.807) is 18.0 Å². The molecule has 5 heteroatoms. The summed E-state index contributed by atoms with van der Waals surface area (Å²) < 4.78 is 1.95. The van der Waals surface area contributed by atoms with Crippen LogP contribution in [0.2, 0.25) is 0 Å². The molecule has 1 atom stereocenters. The first kappa shape index (κ1) is 10.2. The van der Waals surface area contributed by atoms with Crippen molar-refractivity contribution in [3.8, 4) is 0 Å². The third-order valence-corrected chi connectivity index (χ3v) is 2.73. The van der Waals surface area contributed by atoms with Crippen LogP contribution in [-0.2, 0) is 11.8 Å². The van der Waals surface area contributed by atoms with E-state index in [1.807, 2.05) is 23.9 Å². The number of carbonyl (C=O) groups is 1. The number of nitrogens with zero attached hydrogens (tertiary/aromatic N) is 3. The van der Waals surface area contributed by atoms with E-state index >= 15 is 0 Å². The summed E-state index contributed by atoms with van der Waals surface area (Å²) in [5.41, 5.74) is 1.46. The largest absolute Gasteiger partial charge is 0.348 e. The van der Waals surface area contributed by atoms with Gasteiger partial charge in [0.25, 0.3) is 0 Å². The van der Waals surface area contributed by atoms with Crippen molar-refractivity contribution in [3.63, 3.8) is 0 Å². The van der Waals surface area contributed by atoms with E-state index in [-0.39, 0.29) is 5.78 Å². The number of halogens is 1. The number of carbonyl (C=O) groups excluding carboxylic acids is 1. The molecule has 0 aromatic carbocycles. The maximum atomic E-state index is 11.1. The number of aryl methyl sites for hydroxylation is 1. The molecule has 0 saturated heterocycles. The third kappa shape index (κ3) is 1.77. The molecule has 1 aromatic heterocycles. The lowest BCUT2D eigenvalue weighted by atomic mass is 10.3. The minimum atomic E-state index is -0.483. The molecule has 2 heterocycles. The number of rotatable bonds is 2. The molecule has 15 heavy (non-hydrogen) atoms. The molecule has 0 aliphatic carbocycles. The Morgan fingerprint density at radius 1 is 1.67 bits per heavy atom. The van der Waals surface area contributed by atoms with Gasteiger partial charge in [0.15, 0.2) is 5.62 Å². The van der Waals surface area contributed by atoms with Crippen LogP contribution in [0.25, 0.3) is 0 Å². The Hall–Kier alpha value is -1.29. The first-order valence-electron chi connectivity index (χ1n) is 4.68. The summed E-state index contributed by atoms with van der Waals surface area (Å²) in [4.78, 5) is 17.0. The second-order valence-corrected chi connectivity index (χ2v) is 4.01. The highest BCUT2D eigenvalue weighted by Gasteiger charge is 2.24. The molecule has 1 unspecified atom stereocenters. The summed E-state index contributed by atoms with van der Waals surface area (Å²) in [6.07, 6.45) is 3.67. The smallest absolute Gasteiger partial charge is 0.198 e. The van der Waals surface area contributed by atoms with Crippen molar-refractivity contribution in [2.24, 2.45) is 12.0 Å². The van der Waals surface area contributed by atoms with Gasteiger partial charge < -0.3 is 9.47 Å². The summed E-state index contributed by atoms with van der Waals surface area (Å²) in [5.74, 6) is 0.0764. The van der Waals surface area contributed by atoms with Gasteiger partial charge in [-0.15, -0.1) is 0 Å². The molecular formula is C10H12ClN3O. The molecular weight excluding hydrogens is 214 g/mol. The minimum absolute atomic E-state index is 0.0764. The van der Waals surface area contributed by atoms with Gasteiger partial charge in [0.05, 0.1) is 24.1 Å². The highest BCUT2D eigenvalue weighted by molar-refractivity contribution is 6.23. The molecule has 0 saturated carbocycles. The quantitative estimate of drug-likeness (QED) is 0.563. The monoisotopic (exact) mass is 225 g/mol. The van der Waals surface area contributed by atoms with Gasteiger partial charge in [0.2, 0.25) is 0 Å². The molecule has 0 bridgehead atoms. The molecule has 0 N–H and O–H groups in total. The fraction of sp³-hybridized carbons (Fsp3) is 0.400. The van der Waals surface area contributed by atoms with Crippen LogP contribution in [0.4, 0.5) is 5.69 Å². The average Bonchev–Trinajstić information content (AvgIpc) is 2.52. The maximum Gasteiger partial charge on any atom is 0.198 e. The van der Waals surface area contributed by atoms with Crippen molar-refractivity contribution in [1.29, 1.82) is 0 Å². The number of anilines is 1. The number of Topliss-reactive ketones (excluding diaryl/α,β-unsaturated/α-hetero) is 1. The Morgan fingerprint density at radius 3 is 3.07 bits per heavy atom. The average molecular weight is 226 g/mol. The fourth-order valence-electron chi connectivity index (χ4n) is 1.66. The van der Waals surface area contributed by atoms with E-state index in [9.17, 15) is 4.79 Å². The van der Waals surface area contributed by atoms with E-state index in [1.165, 1.54) is 0 Å². The van der Waals surface area contributed by atoms with E-state index < -0.39 is 5.62 Å². The molecule has 2 rings (SSSR count). The lowest BCUT2D eigenvalue weighted by Gasteiger charge is -2.28. The molecule has 0 fully saturated rings. The molecule has 1 aliphatic rings. The second-order valence-electron chi connectivity index (χ2n) is 3.62. The molecule has 0 amide bonds. The lowest BCUT2D eigenvalue weighted by molar-refractivity contribution is -0.115. The van der Waals surface area contributed by atoms with Gasteiger partial charge in [-0.3, -0.25) is 9.79 Å². The van der Waals surface area contributed by atoms with Gasteiger partial charge in [0.1, 0.15) is 5.78 Å². The Balaban J connectivity index is 2.38. The molecule has 0 radical (unpaired) electrons. The molecule has 1 aromatic rings. The predicted molar refractivity (Wildman–Crippen MR) is 60.7 cm³/mol. The van der Waals surface area contributed by atoms with Crippen LogP contribution < -0.4 is 4.90 Å². The van der Waals surface area contributed by atoms with Gasteiger partial charge >= 0.3 is 0 Å². The van der Waals surface area contributed by atoms with Crippen LogP contribution in [0, 0.1) is 0 Å². The molecule has 4 nitrogen and oxygen atoms in total. The topological polar surface area (TPSA) is 37.6 Å². The first-order valence-corrected chi connectivity index (χ1v) is 5.12. The van der Waals surface area contributed by atoms with Crippen molar-refractivity contribution in [2.75, 3.05) is 11.4 Å². The van der Waals surface area contributed by atoms with Crippen molar-refractivity contribution < 1.29 is 4.79 Å². The number of ketones is 1. The number of fused-ring (bicyclic) bond motifs is 1. The molecule has 80 valence electrons. The van der Waals surface area contributed by atoms with Gasteiger partial charge in [0, 0.05) is 13.2 Å². The Kier molecular flexibility index (Phi) is 2.52. The van der Waals surface area contributed by atoms with Crippen LogP contribution in [0.3, 0.4) is 0 Å². The summed E-state index contributed by atoms with van der Waals surface area (Å²) in [6.45, 7) is 1.84. The zero-order chi connectivity index (χ0) is 11.0. The standard InChI is InChI=1S/C10H12ClN3O/c1-7(15)6-14-8-3-4-13(2)9(8)5-12-10(14)11/h3-5,10H,6H2,1-2H3. The maximum absolute atomic E-state index is 11.1. The van der Waals surface area contributed by atoms with E-state index in [4.69, 9.17) is 11.6 Å². The van der Waals surface area contributed by atoms with Gasteiger partial charge in [-0.25, -0.2) is 0 Å². The summed E-state index contributed by atoms with van der Waals surface area (Å²) in [5, 5.41) is 0. The normalized spacial score (nSPS) is 19.1. The number of hydrogen-bond donors (Lipinski definition) is 0. The zero-order valence-electron chi connectivity index (χ0n) is 8.64. The highest BCUT2D eigenvalue weighted by atomic mass is 35.5. The van der Waals surface area contributed by atoms with Crippen molar-refractivity contribution in [3.05, 3.63) is 18.0 Å². The fourth-order valence-corrected chi connectivity index (χ4v) is 1.89. The highest BCUT2D eigenvalue weighted by Crippen LogP contribution is 2.27. The molecule has 0 spiro atoms. The number of aliphatic imine (C=N–C) groups is 1. The van der Waals surface area contributed by atoms with Gasteiger partial charge in [-0.2, -0.15) is 0 Å². The zero-order valence-corrected chi connectivity index (χ0v) is 9.40. The lowest BCUT2D eigenvalue weighted by Crippen LogP contribution is -2.36.